The number of halogens is 2. The Morgan fingerprint density at radius 1 is 1.30 bits per heavy atom. The molecule has 0 amide bonds. The van der Waals surface area contributed by atoms with E-state index in [-0.39, 0.29) is 23.3 Å². The van der Waals surface area contributed by atoms with Crippen molar-refractivity contribution in [2.24, 2.45) is 5.73 Å². The predicted molar refractivity (Wildman–Crippen MR) is 83.9 cm³/mol. The van der Waals surface area contributed by atoms with Crippen molar-refractivity contribution >= 4 is 38.4 Å². The molecule has 1 fully saturated rings. The number of hydrogen-bond acceptors (Lipinski definition) is 4. The van der Waals surface area contributed by atoms with Gasteiger partial charge in [0.2, 0.25) is 10.0 Å². The molecule has 20 heavy (non-hydrogen) atoms. The third-order valence-electron chi connectivity index (χ3n) is 3.22. The minimum Gasteiger partial charge on any atom is -0.497 e. The molecule has 0 atom stereocenters. The lowest BCUT2D eigenvalue weighted by Gasteiger charge is -2.29. The van der Waals surface area contributed by atoms with Crippen LogP contribution in [0.4, 0.5) is 0 Å². The Hall–Kier alpha value is -0.340. The van der Waals surface area contributed by atoms with E-state index in [0.29, 0.717) is 36.2 Å². The minimum atomic E-state index is -3.47. The second-order valence-corrected chi connectivity index (χ2v) is 7.42. The normalized spacial score (nSPS) is 17.6. The van der Waals surface area contributed by atoms with Crippen LogP contribution in [0.3, 0.4) is 0 Å². The van der Waals surface area contributed by atoms with E-state index in [9.17, 15) is 8.42 Å². The zero-order valence-corrected chi connectivity index (χ0v) is 14.3. The summed E-state index contributed by atoms with van der Waals surface area (Å²) in [5.74, 6) is 0.515. The van der Waals surface area contributed by atoms with Gasteiger partial charge in [0.25, 0.3) is 0 Å². The Bertz CT molecular complexity index is 560. The number of hydrogen-bond donors (Lipinski definition) is 1. The van der Waals surface area contributed by atoms with Crippen molar-refractivity contribution in [1.29, 1.82) is 0 Å². The molecule has 0 unspecified atom stereocenters. The Balaban J connectivity index is 0.00000200. The van der Waals surface area contributed by atoms with Gasteiger partial charge in [0.15, 0.2) is 0 Å². The number of sulfonamides is 1. The molecule has 0 bridgehead atoms. The molecular formula is C12H18BrClN2O3S. The highest BCUT2D eigenvalue weighted by atomic mass is 79.9. The molecule has 2 N–H and O–H groups in total. The van der Waals surface area contributed by atoms with Crippen LogP contribution in [0.25, 0.3) is 0 Å². The van der Waals surface area contributed by atoms with Gasteiger partial charge in [0.1, 0.15) is 5.75 Å². The van der Waals surface area contributed by atoms with Gasteiger partial charge in [-0.2, -0.15) is 4.31 Å². The smallest absolute Gasteiger partial charge is 0.243 e. The van der Waals surface area contributed by atoms with E-state index < -0.39 is 10.0 Å². The first kappa shape index (κ1) is 17.7. The Morgan fingerprint density at radius 3 is 2.45 bits per heavy atom. The van der Waals surface area contributed by atoms with Crippen LogP contribution < -0.4 is 10.5 Å². The molecule has 2 rings (SSSR count). The Labute approximate surface area is 134 Å². The van der Waals surface area contributed by atoms with Gasteiger partial charge in [-0.25, -0.2) is 8.42 Å². The fourth-order valence-electron chi connectivity index (χ4n) is 2.07. The van der Waals surface area contributed by atoms with E-state index in [1.54, 1.807) is 12.1 Å². The number of benzene rings is 1. The molecule has 0 aliphatic carbocycles. The highest BCUT2D eigenvalue weighted by Gasteiger charge is 2.28. The molecule has 0 radical (unpaired) electrons. The summed E-state index contributed by atoms with van der Waals surface area (Å²) in [6.45, 7) is 0.941. The molecule has 1 aromatic rings. The maximum atomic E-state index is 12.5. The summed E-state index contributed by atoms with van der Waals surface area (Å²) in [4.78, 5) is 0.245. The van der Waals surface area contributed by atoms with Crippen molar-refractivity contribution in [3.63, 3.8) is 0 Å². The van der Waals surface area contributed by atoms with Gasteiger partial charge >= 0.3 is 0 Å². The topological polar surface area (TPSA) is 72.6 Å². The van der Waals surface area contributed by atoms with Crippen LogP contribution in [0.15, 0.2) is 27.6 Å². The van der Waals surface area contributed by atoms with Crippen molar-refractivity contribution in [3.05, 3.63) is 22.7 Å². The van der Waals surface area contributed by atoms with Gasteiger partial charge in [-0.05, 0) is 25.0 Å². The molecule has 8 heteroatoms. The van der Waals surface area contributed by atoms with Crippen molar-refractivity contribution in [2.45, 2.75) is 23.8 Å². The number of nitrogens with zero attached hydrogens (tertiary/aromatic N) is 1. The summed E-state index contributed by atoms with van der Waals surface area (Å²) in [7, 11) is -1.96. The van der Waals surface area contributed by atoms with Gasteiger partial charge in [-0.1, -0.05) is 15.9 Å². The molecule has 5 nitrogen and oxygen atoms in total. The van der Waals surface area contributed by atoms with Crippen molar-refractivity contribution in [1.82, 2.24) is 4.31 Å². The zero-order chi connectivity index (χ0) is 14.0. The lowest BCUT2D eigenvalue weighted by Crippen LogP contribution is -2.42. The van der Waals surface area contributed by atoms with Gasteiger partial charge in [0.05, 0.1) is 12.0 Å². The summed E-state index contributed by atoms with van der Waals surface area (Å²) in [5, 5.41) is 0. The molecule has 1 aliphatic rings. The average molecular weight is 386 g/mol. The fraction of sp³-hybridized carbons (Fsp3) is 0.500. The number of ether oxygens (including phenoxy) is 1. The first-order valence-electron chi connectivity index (χ1n) is 6.04. The van der Waals surface area contributed by atoms with Crippen molar-refractivity contribution < 1.29 is 13.2 Å². The number of nitrogens with two attached hydrogens (primary N) is 1. The predicted octanol–water partition coefficient (Wildman–Crippen LogP) is 1.99. The molecule has 0 aromatic heterocycles. The van der Waals surface area contributed by atoms with Crippen LogP contribution in [0, 0.1) is 0 Å². The molecule has 114 valence electrons. The van der Waals surface area contributed by atoms with E-state index in [4.69, 9.17) is 10.5 Å². The van der Waals surface area contributed by atoms with Crippen LogP contribution in [0.1, 0.15) is 12.8 Å². The molecule has 1 saturated heterocycles. The second kappa shape index (κ2) is 7.09. The highest BCUT2D eigenvalue weighted by molar-refractivity contribution is 9.10. The zero-order valence-electron chi connectivity index (χ0n) is 11.1. The molecular weight excluding hydrogens is 368 g/mol. The van der Waals surface area contributed by atoms with Crippen LogP contribution in [0.5, 0.6) is 5.75 Å². The van der Waals surface area contributed by atoms with Gasteiger partial charge < -0.3 is 10.5 Å². The molecule has 1 heterocycles. The van der Waals surface area contributed by atoms with Crippen LogP contribution >= 0.6 is 28.3 Å². The third kappa shape index (κ3) is 3.85. The average Bonchev–Trinajstić information content (AvgIpc) is 2.38. The summed E-state index contributed by atoms with van der Waals surface area (Å²) >= 11 is 3.30. The van der Waals surface area contributed by atoms with Gasteiger partial charge in [0, 0.05) is 29.7 Å². The van der Waals surface area contributed by atoms with Gasteiger partial charge in [-0.3, -0.25) is 0 Å². The Kier molecular flexibility index (Phi) is 6.27. The molecule has 1 aromatic carbocycles. The van der Waals surface area contributed by atoms with Crippen molar-refractivity contribution in [3.8, 4) is 5.75 Å². The minimum absolute atomic E-state index is 0. The molecule has 0 spiro atoms. The highest BCUT2D eigenvalue weighted by Crippen LogP contribution is 2.27. The molecule has 1 aliphatic heterocycles. The monoisotopic (exact) mass is 384 g/mol. The van der Waals surface area contributed by atoms with E-state index in [1.807, 2.05) is 0 Å². The summed E-state index contributed by atoms with van der Waals surface area (Å²) < 4.78 is 32.3. The maximum Gasteiger partial charge on any atom is 0.243 e. The van der Waals surface area contributed by atoms with Crippen LogP contribution in [-0.2, 0) is 10.0 Å². The van der Waals surface area contributed by atoms with Gasteiger partial charge in [-0.15, -0.1) is 12.4 Å². The summed E-state index contributed by atoms with van der Waals surface area (Å²) in [6, 6.07) is 4.95. The largest absolute Gasteiger partial charge is 0.497 e. The van der Waals surface area contributed by atoms with E-state index in [2.05, 4.69) is 15.9 Å². The third-order valence-corrected chi connectivity index (χ3v) is 5.55. The van der Waals surface area contributed by atoms with Crippen LogP contribution in [0.2, 0.25) is 0 Å². The van der Waals surface area contributed by atoms with E-state index in [1.165, 1.54) is 17.5 Å². The lowest BCUT2D eigenvalue weighted by atomic mass is 10.1. The first-order chi connectivity index (χ1) is 8.93. The van der Waals surface area contributed by atoms with E-state index >= 15 is 0 Å². The SMILES string of the molecule is COc1cc(Br)cc(S(=O)(=O)N2CCC(N)CC2)c1.Cl. The maximum absolute atomic E-state index is 12.5. The standard InChI is InChI=1S/C12H17BrN2O3S.ClH/c1-18-11-6-9(13)7-12(8-11)19(16,17)15-4-2-10(14)3-5-15;/h6-8,10H,2-5,14H2,1H3;1H. The molecule has 0 saturated carbocycles. The van der Waals surface area contributed by atoms with Crippen LogP contribution in [-0.4, -0.2) is 39.0 Å². The second-order valence-electron chi connectivity index (χ2n) is 4.57. The summed E-state index contributed by atoms with van der Waals surface area (Å²) in [5.41, 5.74) is 5.80. The fourth-order valence-corrected chi connectivity index (χ4v) is 4.22. The van der Waals surface area contributed by atoms with E-state index in [0.717, 1.165) is 0 Å². The number of rotatable bonds is 3. The first-order valence-corrected chi connectivity index (χ1v) is 8.27. The summed E-state index contributed by atoms with van der Waals surface area (Å²) in [6.07, 6.45) is 1.40. The lowest BCUT2D eigenvalue weighted by molar-refractivity contribution is 0.320. The number of piperidine rings is 1. The van der Waals surface area contributed by atoms with Crippen molar-refractivity contribution in [2.75, 3.05) is 20.2 Å². The quantitative estimate of drug-likeness (QED) is 0.863. The number of methoxy groups -OCH3 is 1. The Morgan fingerprint density at radius 2 is 1.90 bits per heavy atom.